The van der Waals surface area contributed by atoms with Crippen LogP contribution in [0.25, 0.3) is 0 Å². The lowest BCUT2D eigenvalue weighted by molar-refractivity contribution is -0.130. The first-order valence-corrected chi connectivity index (χ1v) is 8.46. The first-order valence-electron chi connectivity index (χ1n) is 7.02. The van der Waals surface area contributed by atoms with Crippen LogP contribution in [0.3, 0.4) is 0 Å². The van der Waals surface area contributed by atoms with Crippen molar-refractivity contribution in [2.45, 2.75) is 11.8 Å². The number of sulfonamides is 1. The van der Waals surface area contributed by atoms with Gasteiger partial charge in [0.1, 0.15) is 5.82 Å². The Morgan fingerprint density at radius 1 is 1.26 bits per heavy atom. The molecule has 1 aromatic carbocycles. The highest BCUT2D eigenvalue weighted by Crippen LogP contribution is 2.20. The van der Waals surface area contributed by atoms with Gasteiger partial charge in [-0.25, -0.2) is 12.8 Å². The molecule has 0 spiro atoms. The van der Waals surface area contributed by atoms with Crippen LogP contribution >= 0.6 is 0 Å². The average Bonchev–Trinajstić information content (AvgIpc) is 2.70. The lowest BCUT2D eigenvalue weighted by Gasteiger charge is -2.21. The van der Waals surface area contributed by atoms with Crippen LogP contribution in [0.5, 0.6) is 0 Å². The van der Waals surface area contributed by atoms with Crippen LogP contribution in [0.15, 0.2) is 29.2 Å². The van der Waals surface area contributed by atoms with Gasteiger partial charge in [0.25, 0.3) is 0 Å². The number of benzene rings is 1. The van der Waals surface area contributed by atoms with E-state index in [0.717, 1.165) is 16.4 Å². The zero-order valence-corrected chi connectivity index (χ0v) is 13.4. The van der Waals surface area contributed by atoms with E-state index < -0.39 is 27.7 Å². The van der Waals surface area contributed by atoms with Gasteiger partial charge in [0.2, 0.25) is 21.8 Å². The SMILES string of the molecule is CC(=O)N1CCN(S(=O)(=O)c2cccc(F)c2)CC(C(N)=O)C1. The predicted molar refractivity (Wildman–Crippen MR) is 80.1 cm³/mol. The second-order valence-electron chi connectivity index (χ2n) is 5.38. The van der Waals surface area contributed by atoms with E-state index in [2.05, 4.69) is 0 Å². The molecule has 1 heterocycles. The van der Waals surface area contributed by atoms with Gasteiger partial charge in [-0.2, -0.15) is 4.31 Å². The summed E-state index contributed by atoms with van der Waals surface area (Å²) in [5, 5.41) is 0. The maximum atomic E-state index is 13.3. The van der Waals surface area contributed by atoms with Crippen molar-refractivity contribution in [3.8, 4) is 0 Å². The van der Waals surface area contributed by atoms with Crippen molar-refractivity contribution in [1.82, 2.24) is 9.21 Å². The van der Waals surface area contributed by atoms with Crippen molar-refractivity contribution >= 4 is 21.8 Å². The fourth-order valence-corrected chi connectivity index (χ4v) is 3.95. The molecule has 2 N–H and O–H groups in total. The molecular formula is C14H18FN3O4S. The minimum Gasteiger partial charge on any atom is -0.369 e. The van der Waals surface area contributed by atoms with Crippen LogP contribution in [0.2, 0.25) is 0 Å². The van der Waals surface area contributed by atoms with Crippen molar-refractivity contribution in [3.05, 3.63) is 30.1 Å². The quantitative estimate of drug-likeness (QED) is 0.820. The summed E-state index contributed by atoms with van der Waals surface area (Å²) in [6, 6.07) is 4.65. The zero-order chi connectivity index (χ0) is 17.2. The minimum absolute atomic E-state index is 0.0161. The van der Waals surface area contributed by atoms with E-state index in [0.29, 0.717) is 0 Å². The van der Waals surface area contributed by atoms with E-state index in [1.54, 1.807) is 0 Å². The number of rotatable bonds is 3. The number of amides is 2. The largest absolute Gasteiger partial charge is 0.369 e. The summed E-state index contributed by atoms with van der Waals surface area (Å²) < 4.78 is 39.7. The molecular weight excluding hydrogens is 325 g/mol. The van der Waals surface area contributed by atoms with Crippen LogP contribution in [0.4, 0.5) is 4.39 Å². The third-order valence-corrected chi connectivity index (χ3v) is 5.63. The summed E-state index contributed by atoms with van der Waals surface area (Å²) in [5.74, 6) is -2.43. The van der Waals surface area contributed by atoms with Crippen molar-refractivity contribution in [2.75, 3.05) is 26.2 Å². The number of nitrogens with two attached hydrogens (primary N) is 1. The number of nitrogens with zero attached hydrogens (tertiary/aromatic N) is 2. The van der Waals surface area contributed by atoms with Crippen molar-refractivity contribution in [3.63, 3.8) is 0 Å². The number of primary amides is 1. The molecule has 1 atom stereocenters. The van der Waals surface area contributed by atoms with E-state index in [4.69, 9.17) is 5.73 Å². The lowest BCUT2D eigenvalue weighted by Crippen LogP contribution is -2.40. The van der Waals surface area contributed by atoms with Gasteiger partial charge in [0, 0.05) is 33.1 Å². The summed E-state index contributed by atoms with van der Waals surface area (Å²) >= 11 is 0. The minimum atomic E-state index is -3.98. The molecule has 0 saturated carbocycles. The van der Waals surface area contributed by atoms with E-state index >= 15 is 0 Å². The molecule has 1 aromatic rings. The van der Waals surface area contributed by atoms with Crippen molar-refractivity contribution in [1.29, 1.82) is 0 Å². The Balaban J connectivity index is 2.34. The molecule has 1 aliphatic heterocycles. The third-order valence-electron chi connectivity index (χ3n) is 3.77. The summed E-state index contributed by atoms with van der Waals surface area (Å²) in [4.78, 5) is 24.3. The highest BCUT2D eigenvalue weighted by atomic mass is 32.2. The number of hydrogen-bond acceptors (Lipinski definition) is 4. The van der Waals surface area contributed by atoms with E-state index in [1.165, 1.54) is 24.0 Å². The average molecular weight is 343 g/mol. The molecule has 2 amide bonds. The molecule has 0 radical (unpaired) electrons. The maximum Gasteiger partial charge on any atom is 0.243 e. The van der Waals surface area contributed by atoms with Gasteiger partial charge in [0.05, 0.1) is 10.8 Å². The molecule has 7 nitrogen and oxygen atoms in total. The van der Waals surface area contributed by atoms with Gasteiger partial charge in [0.15, 0.2) is 0 Å². The number of halogens is 1. The van der Waals surface area contributed by atoms with E-state index in [1.807, 2.05) is 0 Å². The summed E-state index contributed by atoms with van der Waals surface area (Å²) in [5.41, 5.74) is 5.31. The number of hydrogen-bond donors (Lipinski definition) is 1. The molecule has 1 fully saturated rings. The van der Waals surface area contributed by atoms with E-state index in [-0.39, 0.29) is 37.0 Å². The molecule has 9 heteroatoms. The topological polar surface area (TPSA) is 101 Å². The highest BCUT2D eigenvalue weighted by molar-refractivity contribution is 7.89. The fraction of sp³-hybridized carbons (Fsp3) is 0.429. The van der Waals surface area contributed by atoms with Gasteiger partial charge in [-0.3, -0.25) is 9.59 Å². The standard InChI is InChI=1S/C14H18FN3O4S/c1-10(19)17-5-6-18(9-11(8-17)14(16)20)23(21,22)13-4-2-3-12(15)7-13/h2-4,7,11H,5-6,8-9H2,1H3,(H2,16,20). The Bertz CT molecular complexity index is 722. The maximum absolute atomic E-state index is 13.3. The third kappa shape index (κ3) is 3.85. The van der Waals surface area contributed by atoms with Gasteiger partial charge >= 0.3 is 0 Å². The summed E-state index contributed by atoms with van der Waals surface area (Å²) in [7, 11) is -3.98. The van der Waals surface area contributed by atoms with Gasteiger partial charge in [-0.1, -0.05) is 6.07 Å². The van der Waals surface area contributed by atoms with Crippen LogP contribution in [-0.2, 0) is 19.6 Å². The molecule has 126 valence electrons. The van der Waals surface area contributed by atoms with Gasteiger partial charge in [-0.15, -0.1) is 0 Å². The molecule has 1 unspecified atom stereocenters. The molecule has 1 saturated heterocycles. The molecule has 23 heavy (non-hydrogen) atoms. The Morgan fingerprint density at radius 3 is 2.52 bits per heavy atom. The molecule has 1 aliphatic rings. The van der Waals surface area contributed by atoms with Crippen LogP contribution in [0.1, 0.15) is 6.92 Å². The second-order valence-corrected chi connectivity index (χ2v) is 7.32. The monoisotopic (exact) mass is 343 g/mol. The summed E-state index contributed by atoms with van der Waals surface area (Å²) in [6.07, 6.45) is 0. The Kier molecular flexibility index (Phi) is 5.00. The van der Waals surface area contributed by atoms with Crippen LogP contribution in [-0.4, -0.2) is 55.6 Å². The number of carbonyl (C=O) groups excluding carboxylic acids is 2. The van der Waals surface area contributed by atoms with Crippen molar-refractivity contribution in [2.24, 2.45) is 11.7 Å². The lowest BCUT2D eigenvalue weighted by atomic mass is 10.1. The number of carbonyl (C=O) groups is 2. The van der Waals surface area contributed by atoms with Crippen molar-refractivity contribution < 1.29 is 22.4 Å². The van der Waals surface area contributed by atoms with Gasteiger partial charge < -0.3 is 10.6 Å². The first-order chi connectivity index (χ1) is 10.7. The smallest absolute Gasteiger partial charge is 0.243 e. The van der Waals surface area contributed by atoms with Gasteiger partial charge in [-0.05, 0) is 18.2 Å². The summed E-state index contributed by atoms with van der Waals surface area (Å²) in [6.45, 7) is 1.43. The fourth-order valence-electron chi connectivity index (χ4n) is 2.45. The van der Waals surface area contributed by atoms with E-state index in [9.17, 15) is 22.4 Å². The van der Waals surface area contributed by atoms with Crippen LogP contribution < -0.4 is 5.73 Å². The normalized spacial score (nSPS) is 20.1. The Morgan fingerprint density at radius 2 is 1.96 bits per heavy atom. The second kappa shape index (κ2) is 6.63. The Hall–Kier alpha value is -2.00. The first kappa shape index (κ1) is 17.4. The molecule has 0 aromatic heterocycles. The predicted octanol–water partition coefficient (Wildman–Crippen LogP) is -0.220. The molecule has 2 rings (SSSR count). The Labute approximate surface area is 133 Å². The van der Waals surface area contributed by atoms with Crippen LogP contribution in [0, 0.1) is 11.7 Å². The highest BCUT2D eigenvalue weighted by Gasteiger charge is 2.34. The zero-order valence-electron chi connectivity index (χ0n) is 12.6. The molecule has 0 aliphatic carbocycles. The molecule has 0 bridgehead atoms.